The highest BCUT2D eigenvalue weighted by molar-refractivity contribution is 8.26. The number of nitrogens with zero attached hydrogens (tertiary/aromatic N) is 5. The highest BCUT2D eigenvalue weighted by Crippen LogP contribution is 2.38. The Bertz CT molecular complexity index is 1520. The second-order valence-corrected chi connectivity index (χ2v) is 11.6. The van der Waals surface area contributed by atoms with E-state index in [0.29, 0.717) is 58.1 Å². The number of fused-ring (bicyclic) bond motifs is 1. The average molecular weight is 550 g/mol. The molecule has 0 atom stereocenters. The van der Waals surface area contributed by atoms with E-state index in [-0.39, 0.29) is 23.3 Å². The first kappa shape index (κ1) is 25.1. The lowest BCUT2D eigenvalue weighted by Gasteiger charge is -2.37. The van der Waals surface area contributed by atoms with Crippen LogP contribution in [0, 0.1) is 12.7 Å². The summed E-state index contributed by atoms with van der Waals surface area (Å²) >= 11 is 6.84. The minimum absolute atomic E-state index is 0.129. The van der Waals surface area contributed by atoms with E-state index in [9.17, 15) is 14.0 Å². The lowest BCUT2D eigenvalue weighted by atomic mass is 10.1. The zero-order chi connectivity index (χ0) is 26.4. The van der Waals surface area contributed by atoms with Crippen molar-refractivity contribution in [3.8, 4) is 0 Å². The van der Waals surface area contributed by atoms with E-state index in [1.165, 1.54) is 22.2 Å². The van der Waals surface area contributed by atoms with Crippen LogP contribution in [0.15, 0.2) is 52.3 Å². The van der Waals surface area contributed by atoms with Gasteiger partial charge in [0.25, 0.3) is 11.5 Å². The summed E-state index contributed by atoms with van der Waals surface area (Å²) in [6.45, 7) is 4.21. The van der Waals surface area contributed by atoms with Crippen molar-refractivity contribution >= 4 is 57.4 Å². The number of hydrogen-bond acceptors (Lipinski definition) is 7. The van der Waals surface area contributed by atoms with Gasteiger partial charge in [-0.15, -0.1) is 0 Å². The SMILES string of the molecule is Cc1cccn2c(=O)c(C=C3SC(=S)N(C4CCCC4)C3=O)c(N3CCN(c4ccccc4F)CC3)nc12. The Hall–Kier alpha value is -3.24. The molecule has 1 saturated carbocycles. The minimum atomic E-state index is -0.247. The summed E-state index contributed by atoms with van der Waals surface area (Å²) in [5.41, 5.74) is 2.19. The number of thiocarbonyl (C=S) groups is 1. The highest BCUT2D eigenvalue weighted by atomic mass is 32.2. The quantitative estimate of drug-likeness (QED) is 0.348. The van der Waals surface area contributed by atoms with Crippen LogP contribution in [0.2, 0.25) is 0 Å². The van der Waals surface area contributed by atoms with Gasteiger partial charge in [-0.3, -0.25) is 18.9 Å². The van der Waals surface area contributed by atoms with Crippen LogP contribution in [0.5, 0.6) is 0 Å². The molecule has 2 aliphatic heterocycles. The van der Waals surface area contributed by atoms with Crippen molar-refractivity contribution in [2.75, 3.05) is 36.0 Å². The van der Waals surface area contributed by atoms with Gasteiger partial charge in [-0.1, -0.05) is 55.0 Å². The van der Waals surface area contributed by atoms with Crippen molar-refractivity contribution in [1.29, 1.82) is 0 Å². The fourth-order valence-corrected chi connectivity index (χ4v) is 7.01. The third-order valence-electron chi connectivity index (χ3n) is 7.63. The van der Waals surface area contributed by atoms with E-state index < -0.39 is 0 Å². The molecule has 10 heteroatoms. The van der Waals surface area contributed by atoms with E-state index in [1.54, 1.807) is 29.3 Å². The Morgan fingerprint density at radius 1 is 1.03 bits per heavy atom. The molecule has 3 aliphatic rings. The van der Waals surface area contributed by atoms with Gasteiger partial charge in [0.2, 0.25) is 0 Å². The maximum Gasteiger partial charge on any atom is 0.267 e. The van der Waals surface area contributed by atoms with Crippen LogP contribution in [0.1, 0.15) is 36.8 Å². The molecular weight excluding hydrogens is 521 g/mol. The van der Waals surface area contributed by atoms with Gasteiger partial charge in [0.05, 0.1) is 16.2 Å². The molecule has 1 aromatic carbocycles. The third-order valence-corrected chi connectivity index (χ3v) is 8.96. The molecule has 4 heterocycles. The first-order valence-electron chi connectivity index (χ1n) is 13.0. The number of hydrogen-bond donors (Lipinski definition) is 0. The van der Waals surface area contributed by atoms with Crippen molar-refractivity contribution in [3.63, 3.8) is 0 Å². The molecule has 0 unspecified atom stereocenters. The van der Waals surface area contributed by atoms with E-state index in [4.69, 9.17) is 17.2 Å². The number of anilines is 2. The van der Waals surface area contributed by atoms with Crippen molar-refractivity contribution in [2.45, 2.75) is 38.6 Å². The number of benzene rings is 1. The van der Waals surface area contributed by atoms with E-state index in [0.717, 1.165) is 31.2 Å². The van der Waals surface area contributed by atoms with Crippen LogP contribution in [-0.2, 0) is 4.79 Å². The predicted molar refractivity (Wildman–Crippen MR) is 154 cm³/mol. The number of carbonyl (C=O) groups excluding carboxylic acids is 1. The molecule has 196 valence electrons. The Morgan fingerprint density at radius 2 is 1.74 bits per heavy atom. The van der Waals surface area contributed by atoms with Crippen LogP contribution in [-0.4, -0.2) is 56.7 Å². The average Bonchev–Trinajstić information content (AvgIpc) is 3.54. The van der Waals surface area contributed by atoms with Crippen LogP contribution in [0.25, 0.3) is 11.7 Å². The van der Waals surface area contributed by atoms with Gasteiger partial charge in [0.1, 0.15) is 21.6 Å². The molecule has 0 N–H and O–H groups in total. The molecule has 2 saturated heterocycles. The lowest BCUT2D eigenvalue weighted by molar-refractivity contribution is -0.123. The molecule has 0 radical (unpaired) electrons. The van der Waals surface area contributed by atoms with Gasteiger partial charge in [-0.25, -0.2) is 9.37 Å². The summed E-state index contributed by atoms with van der Waals surface area (Å²) in [7, 11) is 0. The molecule has 1 amide bonds. The number of amides is 1. The Morgan fingerprint density at radius 3 is 2.47 bits per heavy atom. The highest BCUT2D eigenvalue weighted by Gasteiger charge is 2.38. The second-order valence-electron chi connectivity index (χ2n) is 9.95. The number of aryl methyl sites for hydroxylation is 1. The zero-order valence-corrected chi connectivity index (χ0v) is 22.7. The van der Waals surface area contributed by atoms with Gasteiger partial charge >= 0.3 is 0 Å². The minimum Gasteiger partial charge on any atom is -0.366 e. The number of aromatic nitrogens is 2. The number of piperazine rings is 1. The largest absolute Gasteiger partial charge is 0.366 e. The summed E-state index contributed by atoms with van der Waals surface area (Å²) < 4.78 is 16.5. The molecule has 7 nitrogen and oxygen atoms in total. The first-order valence-corrected chi connectivity index (χ1v) is 14.2. The van der Waals surface area contributed by atoms with Crippen LogP contribution in [0.4, 0.5) is 15.9 Å². The van der Waals surface area contributed by atoms with Crippen LogP contribution >= 0.6 is 24.0 Å². The Balaban J connectivity index is 1.38. The molecule has 0 spiro atoms. The molecule has 2 aromatic heterocycles. The number of para-hydroxylation sites is 1. The summed E-state index contributed by atoms with van der Waals surface area (Å²) in [5.74, 6) is 0.170. The fourth-order valence-electron chi connectivity index (χ4n) is 5.62. The normalized spacial score (nSPS) is 19.9. The van der Waals surface area contributed by atoms with Crippen molar-refractivity contribution in [1.82, 2.24) is 14.3 Å². The zero-order valence-electron chi connectivity index (χ0n) is 21.1. The van der Waals surface area contributed by atoms with Crippen LogP contribution in [0.3, 0.4) is 0 Å². The first-order chi connectivity index (χ1) is 18.4. The topological polar surface area (TPSA) is 61.2 Å². The lowest BCUT2D eigenvalue weighted by Crippen LogP contribution is -2.47. The van der Waals surface area contributed by atoms with Gasteiger partial charge in [0, 0.05) is 38.4 Å². The van der Waals surface area contributed by atoms with E-state index >= 15 is 0 Å². The summed E-state index contributed by atoms with van der Waals surface area (Å²) in [5, 5.41) is 0. The number of rotatable bonds is 4. The van der Waals surface area contributed by atoms with Crippen molar-refractivity contribution in [2.24, 2.45) is 0 Å². The maximum atomic E-state index is 14.4. The number of pyridine rings is 1. The number of carbonyl (C=O) groups is 1. The van der Waals surface area contributed by atoms with Crippen molar-refractivity contribution < 1.29 is 9.18 Å². The molecule has 38 heavy (non-hydrogen) atoms. The maximum absolute atomic E-state index is 14.4. The molecular formula is C28H28FN5O2S2. The standard InChI is InChI=1S/C28H28FN5O2S2/c1-18-7-6-12-33-24(18)30-25(32-15-13-31(14-16-32)22-11-5-4-10-21(22)29)20(26(33)35)17-23-27(36)34(28(37)38-23)19-8-2-3-9-19/h4-7,10-12,17,19H,2-3,8-9,13-16H2,1H3. The fraction of sp³-hybridized carbons (Fsp3) is 0.357. The smallest absolute Gasteiger partial charge is 0.267 e. The van der Waals surface area contributed by atoms with Gasteiger partial charge in [-0.2, -0.15) is 0 Å². The summed E-state index contributed by atoms with van der Waals surface area (Å²) in [4.78, 5) is 38.4. The predicted octanol–water partition coefficient (Wildman–Crippen LogP) is 4.61. The van der Waals surface area contributed by atoms with Gasteiger partial charge in [0.15, 0.2) is 0 Å². The van der Waals surface area contributed by atoms with Gasteiger partial charge < -0.3 is 9.80 Å². The molecule has 0 bridgehead atoms. The van der Waals surface area contributed by atoms with Gasteiger partial charge in [-0.05, 0) is 49.6 Å². The molecule has 6 rings (SSSR count). The monoisotopic (exact) mass is 549 g/mol. The summed E-state index contributed by atoms with van der Waals surface area (Å²) in [6, 6.07) is 10.7. The molecule has 1 aliphatic carbocycles. The Kier molecular flexibility index (Phi) is 6.69. The van der Waals surface area contributed by atoms with E-state index in [1.807, 2.05) is 30.0 Å². The number of thioether (sulfide) groups is 1. The third kappa shape index (κ3) is 4.39. The molecule has 3 fully saturated rings. The molecule has 3 aromatic rings. The van der Waals surface area contributed by atoms with E-state index in [2.05, 4.69) is 4.90 Å². The summed E-state index contributed by atoms with van der Waals surface area (Å²) in [6.07, 6.45) is 7.49. The van der Waals surface area contributed by atoms with Crippen LogP contribution < -0.4 is 15.4 Å². The van der Waals surface area contributed by atoms with Crippen molar-refractivity contribution in [3.05, 3.63) is 74.8 Å². The number of halogens is 1. The Labute approximate surface area is 229 Å². The second kappa shape index (κ2) is 10.1.